The SMILES string of the molecule is NC(CO)c1nccc(-c2ccc3c(c2)CCCC3)n1. The average molecular weight is 269 g/mol. The molecule has 1 heterocycles. The Bertz CT molecular complexity index is 612. The molecule has 0 amide bonds. The third-order valence-corrected chi connectivity index (χ3v) is 3.85. The van der Waals surface area contributed by atoms with Crippen LogP contribution in [0.1, 0.15) is 35.8 Å². The Morgan fingerprint density at radius 2 is 1.95 bits per heavy atom. The molecule has 1 aliphatic carbocycles. The minimum absolute atomic E-state index is 0.145. The van der Waals surface area contributed by atoms with Gasteiger partial charge in [0.15, 0.2) is 0 Å². The smallest absolute Gasteiger partial charge is 0.147 e. The van der Waals surface area contributed by atoms with E-state index in [1.165, 1.54) is 30.4 Å². The van der Waals surface area contributed by atoms with Gasteiger partial charge in [-0.25, -0.2) is 9.97 Å². The predicted molar refractivity (Wildman–Crippen MR) is 78.1 cm³/mol. The first-order valence-electron chi connectivity index (χ1n) is 7.09. The van der Waals surface area contributed by atoms with Crippen LogP contribution < -0.4 is 5.73 Å². The monoisotopic (exact) mass is 269 g/mol. The van der Waals surface area contributed by atoms with Crippen LogP contribution in [-0.4, -0.2) is 21.7 Å². The van der Waals surface area contributed by atoms with Crippen molar-refractivity contribution in [2.45, 2.75) is 31.7 Å². The molecule has 1 aromatic carbocycles. The minimum atomic E-state index is -0.521. The molecule has 20 heavy (non-hydrogen) atoms. The lowest BCUT2D eigenvalue weighted by molar-refractivity contribution is 0.263. The third-order valence-electron chi connectivity index (χ3n) is 3.85. The van der Waals surface area contributed by atoms with Gasteiger partial charge in [-0.05, 0) is 48.9 Å². The minimum Gasteiger partial charge on any atom is -0.394 e. The van der Waals surface area contributed by atoms with E-state index in [4.69, 9.17) is 10.8 Å². The second kappa shape index (κ2) is 5.69. The molecule has 1 atom stereocenters. The summed E-state index contributed by atoms with van der Waals surface area (Å²) in [5.41, 5.74) is 10.6. The van der Waals surface area contributed by atoms with E-state index in [-0.39, 0.29) is 6.61 Å². The third kappa shape index (κ3) is 2.57. The number of aliphatic hydroxyl groups is 1. The number of hydrogen-bond donors (Lipinski definition) is 2. The van der Waals surface area contributed by atoms with Gasteiger partial charge < -0.3 is 10.8 Å². The highest BCUT2D eigenvalue weighted by Gasteiger charge is 2.12. The van der Waals surface area contributed by atoms with E-state index in [0.717, 1.165) is 17.7 Å². The quantitative estimate of drug-likeness (QED) is 0.894. The van der Waals surface area contributed by atoms with Crippen LogP contribution in [0.15, 0.2) is 30.5 Å². The largest absolute Gasteiger partial charge is 0.394 e. The van der Waals surface area contributed by atoms with Gasteiger partial charge in [-0.1, -0.05) is 12.1 Å². The normalized spacial score (nSPS) is 15.7. The fourth-order valence-electron chi connectivity index (χ4n) is 2.69. The van der Waals surface area contributed by atoms with Crippen LogP contribution >= 0.6 is 0 Å². The summed E-state index contributed by atoms with van der Waals surface area (Å²) in [6.45, 7) is -0.145. The first-order valence-corrected chi connectivity index (χ1v) is 7.09. The van der Waals surface area contributed by atoms with E-state index < -0.39 is 6.04 Å². The van der Waals surface area contributed by atoms with Crippen molar-refractivity contribution in [2.75, 3.05) is 6.61 Å². The van der Waals surface area contributed by atoms with E-state index in [9.17, 15) is 0 Å². The first-order chi connectivity index (χ1) is 9.78. The number of aliphatic hydroxyl groups excluding tert-OH is 1. The molecule has 0 fully saturated rings. The van der Waals surface area contributed by atoms with Crippen molar-refractivity contribution in [1.29, 1.82) is 0 Å². The molecule has 0 spiro atoms. The molecule has 3 rings (SSSR count). The number of aromatic nitrogens is 2. The molecule has 104 valence electrons. The number of aryl methyl sites for hydroxylation is 2. The predicted octanol–water partition coefficient (Wildman–Crippen LogP) is 2.01. The van der Waals surface area contributed by atoms with Crippen molar-refractivity contribution < 1.29 is 5.11 Å². The van der Waals surface area contributed by atoms with E-state index >= 15 is 0 Å². The summed E-state index contributed by atoms with van der Waals surface area (Å²) in [7, 11) is 0. The van der Waals surface area contributed by atoms with Gasteiger partial charge in [-0.3, -0.25) is 0 Å². The Labute approximate surface area is 118 Å². The molecule has 4 nitrogen and oxygen atoms in total. The molecule has 0 saturated carbocycles. The van der Waals surface area contributed by atoms with Crippen LogP contribution in [0, 0.1) is 0 Å². The highest BCUT2D eigenvalue weighted by atomic mass is 16.3. The fraction of sp³-hybridized carbons (Fsp3) is 0.375. The van der Waals surface area contributed by atoms with Crippen molar-refractivity contribution >= 4 is 0 Å². The maximum atomic E-state index is 9.10. The Morgan fingerprint density at radius 1 is 1.15 bits per heavy atom. The van der Waals surface area contributed by atoms with Crippen LogP contribution in [0.25, 0.3) is 11.3 Å². The van der Waals surface area contributed by atoms with Crippen LogP contribution in [0.2, 0.25) is 0 Å². The number of nitrogens with two attached hydrogens (primary N) is 1. The Morgan fingerprint density at radius 3 is 2.75 bits per heavy atom. The first kappa shape index (κ1) is 13.2. The molecular formula is C16H19N3O. The molecule has 3 N–H and O–H groups in total. The molecular weight excluding hydrogens is 250 g/mol. The summed E-state index contributed by atoms with van der Waals surface area (Å²) in [6.07, 6.45) is 6.58. The molecule has 0 radical (unpaired) electrons. The highest BCUT2D eigenvalue weighted by molar-refractivity contribution is 5.61. The second-order valence-corrected chi connectivity index (χ2v) is 5.28. The van der Waals surface area contributed by atoms with E-state index in [2.05, 4.69) is 28.2 Å². The Kier molecular flexibility index (Phi) is 3.76. The summed E-state index contributed by atoms with van der Waals surface area (Å²) in [5.74, 6) is 0.489. The number of hydrogen-bond acceptors (Lipinski definition) is 4. The van der Waals surface area contributed by atoms with Crippen LogP contribution in [0.3, 0.4) is 0 Å². The van der Waals surface area contributed by atoms with Crippen LogP contribution in [0.5, 0.6) is 0 Å². The topological polar surface area (TPSA) is 72.0 Å². The summed E-state index contributed by atoms with van der Waals surface area (Å²) in [6, 6.07) is 7.91. The van der Waals surface area contributed by atoms with Gasteiger partial charge in [0.25, 0.3) is 0 Å². The molecule has 0 aliphatic heterocycles. The lowest BCUT2D eigenvalue weighted by atomic mass is 9.90. The van der Waals surface area contributed by atoms with Gasteiger partial charge in [-0.15, -0.1) is 0 Å². The molecule has 4 heteroatoms. The summed E-state index contributed by atoms with van der Waals surface area (Å²) < 4.78 is 0. The van der Waals surface area contributed by atoms with Gasteiger partial charge in [0, 0.05) is 11.8 Å². The number of fused-ring (bicyclic) bond motifs is 1. The zero-order valence-corrected chi connectivity index (χ0v) is 11.4. The van der Waals surface area contributed by atoms with Gasteiger partial charge in [-0.2, -0.15) is 0 Å². The molecule has 1 aliphatic rings. The van der Waals surface area contributed by atoms with E-state index in [1.54, 1.807) is 6.20 Å². The summed E-state index contributed by atoms with van der Waals surface area (Å²) >= 11 is 0. The Balaban J connectivity index is 1.96. The summed E-state index contributed by atoms with van der Waals surface area (Å²) in [4.78, 5) is 8.59. The molecule has 0 saturated heterocycles. The lowest BCUT2D eigenvalue weighted by Crippen LogP contribution is -2.17. The van der Waals surface area contributed by atoms with Crippen LogP contribution in [-0.2, 0) is 12.8 Å². The van der Waals surface area contributed by atoms with Gasteiger partial charge >= 0.3 is 0 Å². The summed E-state index contributed by atoms with van der Waals surface area (Å²) in [5, 5.41) is 9.10. The van der Waals surface area contributed by atoms with Crippen molar-refractivity contribution in [3.8, 4) is 11.3 Å². The van der Waals surface area contributed by atoms with Gasteiger partial charge in [0.2, 0.25) is 0 Å². The maximum Gasteiger partial charge on any atom is 0.147 e. The second-order valence-electron chi connectivity index (χ2n) is 5.28. The standard InChI is InChI=1S/C16H19N3O/c17-14(10-20)16-18-8-7-15(19-16)13-6-5-11-3-1-2-4-12(11)9-13/h5-9,14,20H,1-4,10,17H2. The number of rotatable bonds is 3. The molecule has 0 bridgehead atoms. The lowest BCUT2D eigenvalue weighted by Gasteiger charge is -2.16. The van der Waals surface area contributed by atoms with Gasteiger partial charge in [0.1, 0.15) is 5.82 Å². The number of benzene rings is 1. The van der Waals surface area contributed by atoms with Crippen molar-refractivity contribution in [3.05, 3.63) is 47.4 Å². The fourth-order valence-corrected chi connectivity index (χ4v) is 2.69. The molecule has 1 aromatic heterocycles. The maximum absolute atomic E-state index is 9.10. The highest BCUT2D eigenvalue weighted by Crippen LogP contribution is 2.26. The van der Waals surface area contributed by atoms with E-state index in [0.29, 0.717) is 5.82 Å². The van der Waals surface area contributed by atoms with Crippen molar-refractivity contribution in [2.24, 2.45) is 5.73 Å². The van der Waals surface area contributed by atoms with E-state index in [1.807, 2.05) is 6.07 Å². The van der Waals surface area contributed by atoms with Gasteiger partial charge in [0.05, 0.1) is 18.3 Å². The Hall–Kier alpha value is -1.78. The van der Waals surface area contributed by atoms with Crippen LogP contribution in [0.4, 0.5) is 0 Å². The molecule has 2 aromatic rings. The van der Waals surface area contributed by atoms with Crippen molar-refractivity contribution in [3.63, 3.8) is 0 Å². The van der Waals surface area contributed by atoms with Crippen molar-refractivity contribution in [1.82, 2.24) is 9.97 Å². The molecule has 1 unspecified atom stereocenters. The number of nitrogens with zero attached hydrogens (tertiary/aromatic N) is 2. The average Bonchev–Trinajstić information content (AvgIpc) is 2.53. The zero-order valence-electron chi connectivity index (χ0n) is 11.4. The zero-order chi connectivity index (χ0) is 13.9.